The van der Waals surface area contributed by atoms with Crippen LogP contribution >= 0.6 is 0 Å². The van der Waals surface area contributed by atoms with Gasteiger partial charge in [-0.25, -0.2) is 9.37 Å². The lowest BCUT2D eigenvalue weighted by Crippen LogP contribution is -2.24. The van der Waals surface area contributed by atoms with Crippen molar-refractivity contribution in [3.05, 3.63) is 52.7 Å². The minimum absolute atomic E-state index is 0.0741. The summed E-state index contributed by atoms with van der Waals surface area (Å²) in [4.78, 5) is 33.9. The van der Waals surface area contributed by atoms with Gasteiger partial charge in [0.2, 0.25) is 5.91 Å². The number of carbonyl (C=O) groups excluding carboxylic acids is 1. The van der Waals surface area contributed by atoms with Gasteiger partial charge in [-0.1, -0.05) is 0 Å². The highest BCUT2D eigenvalue weighted by Crippen LogP contribution is 2.35. The van der Waals surface area contributed by atoms with E-state index in [4.69, 9.17) is 0 Å². The van der Waals surface area contributed by atoms with E-state index in [1.165, 1.54) is 0 Å². The van der Waals surface area contributed by atoms with E-state index in [1.54, 1.807) is 29.2 Å². The Bertz CT molecular complexity index is 1190. The lowest BCUT2D eigenvalue weighted by molar-refractivity contribution is -0.117. The average Bonchev–Trinajstić information content (AvgIpc) is 3.62. The van der Waals surface area contributed by atoms with Gasteiger partial charge in [-0.3, -0.25) is 14.6 Å². The number of nitrogens with one attached hydrogen (secondary N) is 1. The van der Waals surface area contributed by atoms with E-state index in [2.05, 4.69) is 15.3 Å². The summed E-state index contributed by atoms with van der Waals surface area (Å²) >= 11 is 0. The van der Waals surface area contributed by atoms with Gasteiger partial charge in [0, 0.05) is 47.7 Å². The second kappa shape index (κ2) is 6.76. The molecule has 5 rings (SSSR count). The predicted octanol–water partition coefficient (Wildman–Crippen LogP) is 3.47. The minimum Gasteiger partial charge on any atom is -0.310 e. The lowest BCUT2D eigenvalue weighted by atomic mass is 10.0. The summed E-state index contributed by atoms with van der Waals surface area (Å²) in [5, 5.41) is 3.50. The van der Waals surface area contributed by atoms with Crippen LogP contribution in [0.2, 0.25) is 0 Å². The van der Waals surface area contributed by atoms with Gasteiger partial charge < -0.3 is 9.88 Å². The maximum Gasteiger partial charge on any atom is 0.258 e. The van der Waals surface area contributed by atoms with Crippen molar-refractivity contribution in [3.8, 4) is 11.1 Å². The standard InChI is InChI=1S/C22H21FN4O2/c1-12-4-5-24-10-17(12)15-6-14-9-25-20(26-21(28)16-7-18(16)23)8-19(14)27(22(15)29)11-13-2-3-13/h4-6,8-10,13,16,18H,2-3,7,11H2,1H3,(H,25,26,28)/t16-,18+/m0/s1. The monoisotopic (exact) mass is 392 g/mol. The number of aryl methyl sites for hydroxylation is 1. The molecule has 2 aliphatic carbocycles. The zero-order chi connectivity index (χ0) is 20.1. The number of carbonyl (C=O) groups is 1. The molecule has 1 N–H and O–H groups in total. The molecule has 29 heavy (non-hydrogen) atoms. The summed E-state index contributed by atoms with van der Waals surface area (Å²) in [6.07, 6.45) is 6.50. The summed E-state index contributed by atoms with van der Waals surface area (Å²) in [6, 6.07) is 5.44. The first-order valence-electron chi connectivity index (χ1n) is 9.91. The van der Waals surface area contributed by atoms with Crippen LogP contribution < -0.4 is 10.9 Å². The van der Waals surface area contributed by atoms with Crippen LogP contribution in [0.4, 0.5) is 10.2 Å². The van der Waals surface area contributed by atoms with E-state index in [0.717, 1.165) is 34.9 Å². The highest BCUT2D eigenvalue weighted by molar-refractivity contribution is 5.95. The molecule has 2 saturated carbocycles. The quantitative estimate of drug-likeness (QED) is 0.721. The first kappa shape index (κ1) is 18.0. The Balaban J connectivity index is 1.61. The van der Waals surface area contributed by atoms with Gasteiger partial charge in [0.15, 0.2) is 0 Å². The molecule has 0 radical (unpaired) electrons. The SMILES string of the molecule is Cc1ccncc1-c1cc2cnc(NC(=O)[C@H]3C[C@H]3F)cc2n(CC2CC2)c1=O. The Hall–Kier alpha value is -3.09. The zero-order valence-corrected chi connectivity index (χ0v) is 16.1. The molecule has 6 nitrogen and oxygen atoms in total. The molecule has 0 spiro atoms. The third-order valence-electron chi connectivity index (χ3n) is 5.75. The summed E-state index contributed by atoms with van der Waals surface area (Å²) in [5.74, 6) is -0.109. The third kappa shape index (κ3) is 3.41. The highest BCUT2D eigenvalue weighted by Gasteiger charge is 2.43. The fourth-order valence-electron chi connectivity index (χ4n) is 3.67. The van der Waals surface area contributed by atoms with Crippen LogP contribution in [0.5, 0.6) is 0 Å². The van der Waals surface area contributed by atoms with E-state index >= 15 is 0 Å². The van der Waals surface area contributed by atoms with Crippen molar-refractivity contribution in [3.63, 3.8) is 0 Å². The van der Waals surface area contributed by atoms with Crippen LogP contribution in [0, 0.1) is 18.8 Å². The van der Waals surface area contributed by atoms with Crippen molar-refractivity contribution >= 4 is 22.6 Å². The number of fused-ring (bicyclic) bond motifs is 1. The number of halogens is 1. The van der Waals surface area contributed by atoms with Gasteiger partial charge >= 0.3 is 0 Å². The Labute approximate surface area is 166 Å². The molecule has 3 aromatic heterocycles. The van der Waals surface area contributed by atoms with Gasteiger partial charge in [-0.2, -0.15) is 0 Å². The molecule has 7 heteroatoms. The van der Waals surface area contributed by atoms with Gasteiger partial charge in [-0.05, 0) is 49.8 Å². The van der Waals surface area contributed by atoms with Gasteiger partial charge in [0.05, 0.1) is 11.4 Å². The Morgan fingerprint density at radius 3 is 2.76 bits per heavy atom. The first-order chi connectivity index (χ1) is 14.0. The van der Waals surface area contributed by atoms with Gasteiger partial charge in [-0.15, -0.1) is 0 Å². The van der Waals surface area contributed by atoms with Gasteiger partial charge in [0.25, 0.3) is 5.56 Å². The van der Waals surface area contributed by atoms with E-state index < -0.39 is 12.1 Å². The number of alkyl halides is 1. The number of hydrogen-bond donors (Lipinski definition) is 1. The Morgan fingerprint density at radius 1 is 1.28 bits per heavy atom. The van der Waals surface area contributed by atoms with Crippen molar-refractivity contribution in [2.24, 2.45) is 11.8 Å². The smallest absolute Gasteiger partial charge is 0.258 e. The second-order valence-electron chi connectivity index (χ2n) is 8.08. The summed E-state index contributed by atoms with van der Waals surface area (Å²) in [6.45, 7) is 2.59. The zero-order valence-electron chi connectivity index (χ0n) is 16.1. The number of hydrogen-bond acceptors (Lipinski definition) is 4. The molecule has 1 amide bonds. The van der Waals surface area contributed by atoms with E-state index in [0.29, 0.717) is 23.8 Å². The maximum atomic E-state index is 13.4. The van der Waals surface area contributed by atoms with Crippen molar-refractivity contribution in [1.82, 2.24) is 14.5 Å². The fourth-order valence-corrected chi connectivity index (χ4v) is 3.67. The van der Waals surface area contributed by atoms with Crippen LogP contribution in [0.25, 0.3) is 22.0 Å². The topological polar surface area (TPSA) is 76.9 Å². The molecule has 0 bridgehead atoms. The van der Waals surface area contributed by atoms with Crippen molar-refractivity contribution in [2.75, 3.05) is 5.32 Å². The molecule has 0 aliphatic heterocycles. The number of nitrogens with zero attached hydrogens (tertiary/aromatic N) is 3. The molecule has 3 aromatic rings. The molecule has 3 heterocycles. The van der Waals surface area contributed by atoms with Crippen LogP contribution in [0.1, 0.15) is 24.8 Å². The molecule has 2 atom stereocenters. The molecule has 2 aliphatic rings. The third-order valence-corrected chi connectivity index (χ3v) is 5.75. The normalized spacial score (nSPS) is 20.6. The molecule has 2 fully saturated rings. The highest BCUT2D eigenvalue weighted by atomic mass is 19.1. The van der Waals surface area contributed by atoms with Crippen LogP contribution in [-0.2, 0) is 11.3 Å². The number of rotatable bonds is 5. The predicted molar refractivity (Wildman–Crippen MR) is 108 cm³/mol. The Morgan fingerprint density at radius 2 is 2.07 bits per heavy atom. The van der Waals surface area contributed by atoms with E-state index in [-0.39, 0.29) is 17.9 Å². The first-order valence-corrected chi connectivity index (χ1v) is 9.91. The molecule has 0 unspecified atom stereocenters. The molecular formula is C22H21FN4O2. The molecule has 148 valence electrons. The summed E-state index contributed by atoms with van der Waals surface area (Å²) in [5.41, 5.74) is 3.04. The molecular weight excluding hydrogens is 371 g/mol. The largest absolute Gasteiger partial charge is 0.310 e. The number of pyridine rings is 3. The number of anilines is 1. The van der Waals surface area contributed by atoms with Crippen molar-refractivity contribution < 1.29 is 9.18 Å². The fraction of sp³-hybridized carbons (Fsp3) is 0.364. The molecule has 0 aromatic carbocycles. The van der Waals surface area contributed by atoms with Crippen LogP contribution in [-0.4, -0.2) is 26.6 Å². The number of amides is 1. The summed E-state index contributed by atoms with van der Waals surface area (Å²) < 4.78 is 14.9. The van der Waals surface area contributed by atoms with Crippen LogP contribution in [0.15, 0.2) is 41.6 Å². The van der Waals surface area contributed by atoms with E-state index in [1.807, 2.05) is 19.1 Å². The van der Waals surface area contributed by atoms with Crippen LogP contribution in [0.3, 0.4) is 0 Å². The van der Waals surface area contributed by atoms with Crippen molar-refractivity contribution in [1.29, 1.82) is 0 Å². The summed E-state index contributed by atoms with van der Waals surface area (Å²) in [7, 11) is 0. The van der Waals surface area contributed by atoms with E-state index in [9.17, 15) is 14.0 Å². The Kier molecular flexibility index (Phi) is 4.19. The molecule has 0 saturated heterocycles. The van der Waals surface area contributed by atoms with Gasteiger partial charge in [0.1, 0.15) is 12.0 Å². The number of aromatic nitrogens is 3. The lowest BCUT2D eigenvalue weighted by Gasteiger charge is -2.15. The average molecular weight is 392 g/mol. The maximum absolute atomic E-state index is 13.4. The van der Waals surface area contributed by atoms with Crippen molar-refractivity contribution in [2.45, 2.75) is 38.9 Å². The minimum atomic E-state index is -1.06. The second-order valence-corrected chi connectivity index (χ2v) is 8.08.